The molecule has 0 radical (unpaired) electrons. The van der Waals surface area contributed by atoms with Crippen molar-refractivity contribution in [3.8, 4) is 6.07 Å². The maximum Gasteiger partial charge on any atom is 0.414 e. The van der Waals surface area contributed by atoms with Crippen LogP contribution in [0, 0.1) is 17.1 Å². The number of cyclic esters (lactones) is 1. The lowest BCUT2D eigenvalue weighted by Gasteiger charge is -2.30. The van der Waals surface area contributed by atoms with E-state index in [9.17, 15) is 14.0 Å². The summed E-state index contributed by atoms with van der Waals surface area (Å²) in [5.74, 6) is -0.405. The van der Waals surface area contributed by atoms with Gasteiger partial charge in [-0.1, -0.05) is 5.57 Å². The Morgan fingerprint density at radius 3 is 2.81 bits per heavy atom. The fraction of sp³-hybridized carbons (Fsp3) is 0.389. The topological polar surface area (TPSA) is 85.7 Å². The van der Waals surface area contributed by atoms with E-state index in [4.69, 9.17) is 10.00 Å². The number of hydrogen-bond acceptors (Lipinski definition) is 5. The molecule has 0 aromatic heterocycles. The Hall–Kier alpha value is -3.08. The molecule has 1 N–H and O–H groups in total. The van der Waals surface area contributed by atoms with Gasteiger partial charge in [0.1, 0.15) is 11.9 Å². The van der Waals surface area contributed by atoms with Crippen molar-refractivity contribution in [2.75, 3.05) is 36.0 Å². The Morgan fingerprint density at radius 1 is 1.38 bits per heavy atom. The molecule has 7 nitrogen and oxygen atoms in total. The number of nitrogens with zero attached hydrogens (tertiary/aromatic N) is 3. The number of halogens is 1. The Kier molecular flexibility index (Phi) is 5.37. The largest absolute Gasteiger partial charge is 0.442 e. The highest BCUT2D eigenvalue weighted by Gasteiger charge is 2.32. The van der Waals surface area contributed by atoms with Crippen LogP contribution in [0.25, 0.3) is 0 Å². The van der Waals surface area contributed by atoms with Crippen molar-refractivity contribution in [3.05, 3.63) is 35.7 Å². The normalized spacial score (nSPS) is 19.8. The van der Waals surface area contributed by atoms with E-state index < -0.39 is 18.0 Å². The second-order valence-corrected chi connectivity index (χ2v) is 6.20. The number of hydrogen-bond donors (Lipinski definition) is 1. The van der Waals surface area contributed by atoms with E-state index in [-0.39, 0.29) is 13.1 Å². The summed E-state index contributed by atoms with van der Waals surface area (Å²) in [6.07, 6.45) is 2.56. The third kappa shape index (κ3) is 3.77. The molecule has 1 atom stereocenters. The standard InChI is InChI=1S/C18H19FN4O3/c19-16-9-14(23-11-15(10-21-12-24)26-18(23)25)1-2-17(16)22-7-4-13(3-6-20)5-8-22/h1-3,9,12,15H,4-5,7-8,10-11H2,(H,21,24)/t15-/m0/s1. The highest BCUT2D eigenvalue weighted by molar-refractivity contribution is 5.90. The number of carbonyl (C=O) groups excluding carboxylic acids is 2. The SMILES string of the molecule is N#CC=C1CCN(c2ccc(N3C[C@H](CNC=O)OC3=O)cc2F)CC1. The fourth-order valence-corrected chi connectivity index (χ4v) is 3.21. The minimum Gasteiger partial charge on any atom is -0.442 e. The van der Waals surface area contributed by atoms with Gasteiger partial charge in [0.15, 0.2) is 0 Å². The molecule has 2 heterocycles. The number of carbonyl (C=O) groups is 2. The van der Waals surface area contributed by atoms with Gasteiger partial charge in [0.2, 0.25) is 6.41 Å². The summed E-state index contributed by atoms with van der Waals surface area (Å²) in [6.45, 7) is 1.77. The predicted octanol–water partition coefficient (Wildman–Crippen LogP) is 1.95. The van der Waals surface area contributed by atoms with Crippen molar-refractivity contribution in [3.63, 3.8) is 0 Å². The monoisotopic (exact) mass is 358 g/mol. The van der Waals surface area contributed by atoms with Crippen LogP contribution >= 0.6 is 0 Å². The number of piperidine rings is 1. The first-order valence-corrected chi connectivity index (χ1v) is 8.39. The molecule has 136 valence electrons. The summed E-state index contributed by atoms with van der Waals surface area (Å²) < 4.78 is 19.8. The number of ether oxygens (including phenoxy) is 1. The first-order chi connectivity index (χ1) is 12.6. The first-order valence-electron chi connectivity index (χ1n) is 8.39. The predicted molar refractivity (Wildman–Crippen MR) is 93.2 cm³/mol. The van der Waals surface area contributed by atoms with Crippen LogP contribution in [-0.4, -0.2) is 44.8 Å². The molecule has 3 rings (SSSR count). The molecule has 0 aliphatic carbocycles. The molecule has 0 spiro atoms. The number of rotatable bonds is 5. The van der Waals surface area contributed by atoms with Crippen LogP contribution in [0.4, 0.5) is 20.6 Å². The molecule has 2 fully saturated rings. The number of nitrogens with one attached hydrogen (secondary N) is 1. The molecule has 0 saturated carbocycles. The highest BCUT2D eigenvalue weighted by atomic mass is 19.1. The summed E-state index contributed by atoms with van der Waals surface area (Å²) in [4.78, 5) is 25.6. The van der Waals surface area contributed by atoms with Gasteiger partial charge in [-0.25, -0.2) is 9.18 Å². The lowest BCUT2D eigenvalue weighted by molar-refractivity contribution is -0.109. The summed E-state index contributed by atoms with van der Waals surface area (Å²) in [5, 5.41) is 11.2. The highest BCUT2D eigenvalue weighted by Crippen LogP contribution is 2.30. The van der Waals surface area contributed by atoms with Gasteiger partial charge in [-0.3, -0.25) is 9.69 Å². The van der Waals surface area contributed by atoms with Crippen molar-refractivity contribution in [2.24, 2.45) is 0 Å². The van der Waals surface area contributed by atoms with Crippen molar-refractivity contribution >= 4 is 23.9 Å². The zero-order valence-electron chi connectivity index (χ0n) is 14.2. The molecule has 8 heteroatoms. The van der Waals surface area contributed by atoms with Gasteiger partial charge in [-0.05, 0) is 31.0 Å². The lowest BCUT2D eigenvalue weighted by atomic mass is 10.0. The van der Waals surface area contributed by atoms with E-state index in [1.807, 2.05) is 11.0 Å². The van der Waals surface area contributed by atoms with Crippen LogP contribution in [0.15, 0.2) is 29.8 Å². The summed E-state index contributed by atoms with van der Waals surface area (Å²) >= 11 is 0. The molecular weight excluding hydrogens is 339 g/mol. The summed E-state index contributed by atoms with van der Waals surface area (Å²) in [7, 11) is 0. The Labute approximate surface area is 150 Å². The van der Waals surface area contributed by atoms with Gasteiger partial charge < -0.3 is 15.0 Å². The van der Waals surface area contributed by atoms with Crippen molar-refractivity contribution in [1.29, 1.82) is 5.26 Å². The fourth-order valence-electron chi connectivity index (χ4n) is 3.21. The van der Waals surface area contributed by atoms with Crippen LogP contribution in [0.1, 0.15) is 12.8 Å². The number of benzene rings is 1. The average Bonchev–Trinajstić information content (AvgIpc) is 3.02. The van der Waals surface area contributed by atoms with E-state index in [0.29, 0.717) is 30.9 Å². The minimum atomic E-state index is -0.556. The van der Waals surface area contributed by atoms with E-state index in [0.717, 1.165) is 18.4 Å². The summed E-state index contributed by atoms with van der Waals surface area (Å²) in [5.41, 5.74) is 1.99. The molecular formula is C18H19FN4O3. The Morgan fingerprint density at radius 2 is 2.15 bits per heavy atom. The molecule has 2 amide bonds. The van der Waals surface area contributed by atoms with Gasteiger partial charge in [-0.2, -0.15) is 5.26 Å². The van der Waals surface area contributed by atoms with Crippen molar-refractivity contribution in [2.45, 2.75) is 18.9 Å². The van der Waals surface area contributed by atoms with Crippen LogP contribution in [0.5, 0.6) is 0 Å². The number of nitriles is 1. The molecule has 1 aromatic rings. The zero-order valence-corrected chi connectivity index (χ0v) is 14.2. The molecule has 2 aliphatic rings. The molecule has 2 aliphatic heterocycles. The number of amides is 2. The minimum absolute atomic E-state index is 0.221. The van der Waals surface area contributed by atoms with Crippen LogP contribution in [0.3, 0.4) is 0 Å². The first kappa shape index (κ1) is 17.7. The maximum absolute atomic E-state index is 14.6. The van der Waals surface area contributed by atoms with E-state index in [1.165, 1.54) is 11.0 Å². The van der Waals surface area contributed by atoms with Gasteiger partial charge in [0.05, 0.1) is 30.5 Å². The van der Waals surface area contributed by atoms with Crippen LogP contribution < -0.4 is 15.1 Å². The molecule has 0 bridgehead atoms. The van der Waals surface area contributed by atoms with E-state index in [2.05, 4.69) is 5.32 Å². The molecule has 0 unspecified atom stereocenters. The Bertz CT molecular complexity index is 764. The quantitative estimate of drug-likeness (QED) is 0.642. The van der Waals surface area contributed by atoms with Gasteiger partial charge in [0.25, 0.3) is 0 Å². The Balaban J connectivity index is 1.68. The lowest BCUT2D eigenvalue weighted by Crippen LogP contribution is -2.32. The molecule has 1 aromatic carbocycles. The smallest absolute Gasteiger partial charge is 0.414 e. The number of anilines is 2. The van der Waals surface area contributed by atoms with Crippen molar-refractivity contribution in [1.82, 2.24) is 5.32 Å². The van der Waals surface area contributed by atoms with E-state index >= 15 is 0 Å². The third-order valence-electron chi connectivity index (χ3n) is 4.56. The average molecular weight is 358 g/mol. The second-order valence-electron chi connectivity index (χ2n) is 6.20. The van der Waals surface area contributed by atoms with Gasteiger partial charge in [-0.15, -0.1) is 0 Å². The summed E-state index contributed by atoms with van der Waals surface area (Å²) in [6, 6.07) is 6.71. The molecule has 2 saturated heterocycles. The van der Waals surface area contributed by atoms with E-state index in [1.54, 1.807) is 18.2 Å². The second kappa shape index (κ2) is 7.87. The van der Waals surface area contributed by atoms with Gasteiger partial charge in [0, 0.05) is 19.2 Å². The van der Waals surface area contributed by atoms with Gasteiger partial charge >= 0.3 is 6.09 Å². The van der Waals surface area contributed by atoms with Crippen LogP contribution in [-0.2, 0) is 9.53 Å². The zero-order chi connectivity index (χ0) is 18.5. The molecule has 26 heavy (non-hydrogen) atoms. The van der Waals surface area contributed by atoms with Crippen LogP contribution in [0.2, 0.25) is 0 Å². The van der Waals surface area contributed by atoms with Crippen molar-refractivity contribution < 1.29 is 18.7 Å². The third-order valence-corrected chi connectivity index (χ3v) is 4.56. The maximum atomic E-state index is 14.6. The number of allylic oxidation sites excluding steroid dienone is 1.